The molecule has 0 atom stereocenters. The summed E-state index contributed by atoms with van der Waals surface area (Å²) in [5.74, 6) is -0.563. The fraction of sp³-hybridized carbons (Fsp3) is 0.188. The van der Waals surface area contributed by atoms with Gasteiger partial charge in [0.15, 0.2) is 0 Å². The number of nitrogens with two attached hydrogens (primary N) is 1. The van der Waals surface area contributed by atoms with Crippen LogP contribution >= 0.6 is 11.3 Å². The van der Waals surface area contributed by atoms with Gasteiger partial charge in [-0.2, -0.15) is 0 Å². The highest BCUT2D eigenvalue weighted by Gasteiger charge is 2.13. The molecule has 0 saturated heterocycles. The van der Waals surface area contributed by atoms with Crippen LogP contribution in [0.4, 0.5) is 0 Å². The number of nitrogens with zero attached hydrogens (tertiary/aromatic N) is 2. The molecule has 0 aliphatic heterocycles. The predicted octanol–water partition coefficient (Wildman–Crippen LogP) is 2.17. The van der Waals surface area contributed by atoms with Crippen LogP contribution in [0.5, 0.6) is 0 Å². The number of rotatable bonds is 4. The van der Waals surface area contributed by atoms with Gasteiger partial charge in [-0.05, 0) is 17.5 Å². The number of hydrogen-bond donors (Lipinski definition) is 1. The first-order valence-corrected chi connectivity index (χ1v) is 7.82. The summed E-state index contributed by atoms with van der Waals surface area (Å²) < 4.78 is 1.25. The number of carbonyl (C=O) groups is 1. The summed E-state index contributed by atoms with van der Waals surface area (Å²) >= 11 is 1.42. The minimum Gasteiger partial charge on any atom is -0.368 e. The second-order valence-electron chi connectivity index (χ2n) is 5.02. The largest absolute Gasteiger partial charge is 0.368 e. The lowest BCUT2D eigenvalue weighted by Gasteiger charge is -2.04. The fourth-order valence-electron chi connectivity index (χ4n) is 2.38. The Morgan fingerprint density at radius 1 is 1.32 bits per heavy atom. The molecular weight excluding hydrogens is 298 g/mol. The van der Waals surface area contributed by atoms with Gasteiger partial charge < -0.3 is 5.73 Å². The van der Waals surface area contributed by atoms with E-state index in [0.29, 0.717) is 10.2 Å². The molecule has 2 aromatic heterocycles. The van der Waals surface area contributed by atoms with E-state index >= 15 is 0 Å². The molecule has 3 aromatic rings. The van der Waals surface area contributed by atoms with Crippen molar-refractivity contribution < 1.29 is 4.79 Å². The second-order valence-corrected chi connectivity index (χ2v) is 5.88. The van der Waals surface area contributed by atoms with Crippen LogP contribution in [0.1, 0.15) is 12.5 Å². The van der Waals surface area contributed by atoms with E-state index in [9.17, 15) is 9.59 Å². The van der Waals surface area contributed by atoms with Crippen molar-refractivity contribution in [3.63, 3.8) is 0 Å². The van der Waals surface area contributed by atoms with E-state index in [1.54, 1.807) is 0 Å². The first-order chi connectivity index (χ1) is 10.6. The number of aromatic nitrogens is 2. The third-order valence-corrected chi connectivity index (χ3v) is 4.45. The average molecular weight is 313 g/mol. The quantitative estimate of drug-likeness (QED) is 0.802. The first-order valence-electron chi connectivity index (χ1n) is 6.94. The van der Waals surface area contributed by atoms with Gasteiger partial charge in [0.25, 0.3) is 5.56 Å². The molecule has 2 heterocycles. The zero-order chi connectivity index (χ0) is 15.7. The van der Waals surface area contributed by atoms with E-state index in [2.05, 4.69) is 24.0 Å². The predicted molar refractivity (Wildman–Crippen MR) is 87.9 cm³/mol. The molecule has 0 spiro atoms. The maximum absolute atomic E-state index is 12.6. The number of carbonyl (C=O) groups excluding carboxylic acids is 1. The summed E-state index contributed by atoms with van der Waals surface area (Å²) in [6.45, 7) is 1.94. The third kappa shape index (κ3) is 2.53. The summed E-state index contributed by atoms with van der Waals surface area (Å²) in [4.78, 5) is 28.5. The Labute approximate surface area is 131 Å². The molecule has 0 radical (unpaired) electrons. The SMILES string of the molecule is CCc1ccc(-c2csc3ncn(CC(N)=O)c(=O)c23)cc1. The Kier molecular flexibility index (Phi) is 3.77. The van der Waals surface area contributed by atoms with E-state index in [-0.39, 0.29) is 12.1 Å². The van der Waals surface area contributed by atoms with Crippen LogP contribution in [0.2, 0.25) is 0 Å². The molecule has 0 bridgehead atoms. The molecule has 0 aliphatic rings. The van der Waals surface area contributed by atoms with Gasteiger partial charge in [0, 0.05) is 10.9 Å². The molecular formula is C16H15N3O2S. The van der Waals surface area contributed by atoms with Crippen molar-refractivity contribution in [2.75, 3.05) is 0 Å². The van der Waals surface area contributed by atoms with Crippen LogP contribution < -0.4 is 11.3 Å². The second kappa shape index (κ2) is 5.73. The van der Waals surface area contributed by atoms with E-state index in [1.165, 1.54) is 27.8 Å². The molecule has 112 valence electrons. The molecule has 3 rings (SSSR count). The summed E-state index contributed by atoms with van der Waals surface area (Å²) in [7, 11) is 0. The van der Waals surface area contributed by atoms with Gasteiger partial charge in [-0.25, -0.2) is 4.98 Å². The monoisotopic (exact) mass is 313 g/mol. The minimum atomic E-state index is -0.563. The Morgan fingerprint density at radius 3 is 2.68 bits per heavy atom. The highest BCUT2D eigenvalue weighted by Crippen LogP contribution is 2.30. The summed E-state index contributed by atoms with van der Waals surface area (Å²) in [5.41, 5.74) is 7.99. The van der Waals surface area contributed by atoms with Crippen molar-refractivity contribution in [3.05, 3.63) is 51.9 Å². The fourth-order valence-corrected chi connectivity index (χ4v) is 3.29. The normalized spacial score (nSPS) is 11.0. The molecule has 2 N–H and O–H groups in total. The molecule has 0 aliphatic carbocycles. The van der Waals surface area contributed by atoms with Crippen molar-refractivity contribution in [1.82, 2.24) is 9.55 Å². The number of thiophene rings is 1. The van der Waals surface area contributed by atoms with Crippen LogP contribution in [0.15, 0.2) is 40.8 Å². The number of benzene rings is 1. The van der Waals surface area contributed by atoms with Gasteiger partial charge in [-0.1, -0.05) is 31.2 Å². The molecule has 0 fully saturated rings. The average Bonchev–Trinajstić information content (AvgIpc) is 2.94. The first kappa shape index (κ1) is 14.5. The molecule has 5 nitrogen and oxygen atoms in total. The van der Waals surface area contributed by atoms with Gasteiger partial charge in [0.05, 0.1) is 11.7 Å². The van der Waals surface area contributed by atoms with Crippen LogP contribution in [-0.4, -0.2) is 15.5 Å². The van der Waals surface area contributed by atoms with Crippen molar-refractivity contribution in [3.8, 4) is 11.1 Å². The molecule has 22 heavy (non-hydrogen) atoms. The van der Waals surface area contributed by atoms with Gasteiger partial charge in [0.1, 0.15) is 11.4 Å². The zero-order valence-corrected chi connectivity index (χ0v) is 12.9. The van der Waals surface area contributed by atoms with Crippen molar-refractivity contribution in [1.29, 1.82) is 0 Å². The highest BCUT2D eigenvalue weighted by atomic mass is 32.1. The highest BCUT2D eigenvalue weighted by molar-refractivity contribution is 7.17. The van der Waals surface area contributed by atoms with Crippen molar-refractivity contribution in [2.24, 2.45) is 5.73 Å². The number of fused-ring (bicyclic) bond motifs is 1. The lowest BCUT2D eigenvalue weighted by Crippen LogP contribution is -2.28. The number of primary amides is 1. The molecule has 0 unspecified atom stereocenters. The third-order valence-electron chi connectivity index (χ3n) is 3.56. The number of amides is 1. The maximum atomic E-state index is 12.6. The zero-order valence-electron chi connectivity index (χ0n) is 12.1. The number of hydrogen-bond acceptors (Lipinski definition) is 4. The summed E-state index contributed by atoms with van der Waals surface area (Å²) in [5, 5.41) is 2.47. The topological polar surface area (TPSA) is 78.0 Å². The Balaban J connectivity index is 2.17. The Bertz CT molecular complexity index is 894. The van der Waals surface area contributed by atoms with E-state index < -0.39 is 5.91 Å². The maximum Gasteiger partial charge on any atom is 0.263 e. The molecule has 1 aromatic carbocycles. The van der Waals surface area contributed by atoms with Crippen molar-refractivity contribution in [2.45, 2.75) is 19.9 Å². The standard InChI is InChI=1S/C16H15N3O2S/c1-2-10-3-5-11(6-4-10)12-8-22-15-14(12)16(21)19(9-18-15)7-13(17)20/h3-6,8-9H,2,7H2,1H3,(H2,17,20). The lowest BCUT2D eigenvalue weighted by molar-refractivity contribution is -0.118. The van der Waals surface area contributed by atoms with Crippen LogP contribution in [0.25, 0.3) is 21.3 Å². The van der Waals surface area contributed by atoms with Gasteiger partial charge in [-0.3, -0.25) is 14.2 Å². The minimum absolute atomic E-state index is 0.161. The Morgan fingerprint density at radius 2 is 2.05 bits per heavy atom. The van der Waals surface area contributed by atoms with E-state index in [0.717, 1.165) is 17.5 Å². The van der Waals surface area contributed by atoms with Crippen LogP contribution in [0.3, 0.4) is 0 Å². The van der Waals surface area contributed by atoms with E-state index in [4.69, 9.17) is 5.73 Å². The Hall–Kier alpha value is -2.47. The molecule has 1 amide bonds. The van der Waals surface area contributed by atoms with Gasteiger partial charge in [0.2, 0.25) is 5.91 Å². The summed E-state index contributed by atoms with van der Waals surface area (Å²) in [6, 6.07) is 8.12. The molecule has 0 saturated carbocycles. The number of aryl methyl sites for hydroxylation is 1. The van der Waals surface area contributed by atoms with E-state index in [1.807, 2.05) is 17.5 Å². The summed E-state index contributed by atoms with van der Waals surface area (Å²) in [6.07, 6.45) is 2.34. The molecule has 6 heteroatoms. The van der Waals surface area contributed by atoms with Gasteiger partial charge in [-0.15, -0.1) is 11.3 Å². The van der Waals surface area contributed by atoms with Crippen LogP contribution in [0, 0.1) is 0 Å². The van der Waals surface area contributed by atoms with Gasteiger partial charge >= 0.3 is 0 Å². The smallest absolute Gasteiger partial charge is 0.263 e. The van der Waals surface area contributed by atoms with Crippen LogP contribution in [-0.2, 0) is 17.8 Å². The van der Waals surface area contributed by atoms with Crippen molar-refractivity contribution >= 4 is 27.5 Å². The lowest BCUT2D eigenvalue weighted by atomic mass is 10.0.